The smallest absolute Gasteiger partial charge is 0.407 e. The van der Waals surface area contributed by atoms with Crippen LogP contribution in [0.15, 0.2) is 16.5 Å². The van der Waals surface area contributed by atoms with Gasteiger partial charge in [0, 0.05) is 18.6 Å². The highest BCUT2D eigenvalue weighted by molar-refractivity contribution is 5.78. The summed E-state index contributed by atoms with van der Waals surface area (Å²) >= 11 is 0. The SMILES string of the molecule is Cc1ccc(CC(=O)N2CC[C@@H](NC(=O)OC(C)(C)C)C[C@H]2C)o1. The molecule has 1 aliphatic rings. The van der Waals surface area contributed by atoms with Crippen molar-refractivity contribution in [1.29, 1.82) is 0 Å². The van der Waals surface area contributed by atoms with E-state index in [1.165, 1.54) is 0 Å². The topological polar surface area (TPSA) is 71.8 Å². The largest absolute Gasteiger partial charge is 0.466 e. The summed E-state index contributed by atoms with van der Waals surface area (Å²) in [4.78, 5) is 26.2. The lowest BCUT2D eigenvalue weighted by Crippen LogP contribution is -2.51. The fraction of sp³-hybridized carbons (Fsp3) is 0.667. The number of carbonyl (C=O) groups excluding carboxylic acids is 2. The first kappa shape index (κ1) is 18.4. The summed E-state index contributed by atoms with van der Waals surface area (Å²) in [5.74, 6) is 1.57. The lowest BCUT2D eigenvalue weighted by molar-refractivity contribution is -0.134. The molecule has 0 aliphatic carbocycles. The van der Waals surface area contributed by atoms with Crippen LogP contribution in [0.3, 0.4) is 0 Å². The van der Waals surface area contributed by atoms with E-state index in [2.05, 4.69) is 5.32 Å². The van der Waals surface area contributed by atoms with Gasteiger partial charge in [-0.1, -0.05) is 0 Å². The molecule has 0 radical (unpaired) electrons. The van der Waals surface area contributed by atoms with Crippen LogP contribution >= 0.6 is 0 Å². The molecule has 0 bridgehead atoms. The number of alkyl carbamates (subject to hydrolysis) is 1. The van der Waals surface area contributed by atoms with Gasteiger partial charge in [-0.05, 0) is 59.6 Å². The van der Waals surface area contributed by atoms with E-state index in [0.717, 1.165) is 18.6 Å². The first-order chi connectivity index (χ1) is 11.1. The quantitative estimate of drug-likeness (QED) is 0.921. The van der Waals surface area contributed by atoms with Crippen molar-refractivity contribution in [2.24, 2.45) is 0 Å². The second kappa shape index (κ2) is 7.28. The molecule has 2 atom stereocenters. The highest BCUT2D eigenvalue weighted by Crippen LogP contribution is 2.20. The highest BCUT2D eigenvalue weighted by Gasteiger charge is 2.30. The number of likely N-dealkylation sites (tertiary alicyclic amines) is 1. The van der Waals surface area contributed by atoms with Crippen LogP contribution in [0.2, 0.25) is 0 Å². The number of nitrogens with one attached hydrogen (secondary N) is 1. The summed E-state index contributed by atoms with van der Waals surface area (Å²) in [7, 11) is 0. The van der Waals surface area contributed by atoms with E-state index in [9.17, 15) is 9.59 Å². The number of hydrogen-bond acceptors (Lipinski definition) is 4. The number of nitrogens with zero attached hydrogens (tertiary/aromatic N) is 1. The maximum absolute atomic E-state index is 12.5. The van der Waals surface area contributed by atoms with Gasteiger partial charge in [0.1, 0.15) is 17.1 Å². The molecule has 0 unspecified atom stereocenters. The maximum atomic E-state index is 12.5. The fourth-order valence-corrected chi connectivity index (χ4v) is 2.98. The number of piperidine rings is 1. The summed E-state index contributed by atoms with van der Waals surface area (Å²) < 4.78 is 10.8. The van der Waals surface area contributed by atoms with Crippen molar-refractivity contribution in [2.75, 3.05) is 6.54 Å². The van der Waals surface area contributed by atoms with E-state index in [4.69, 9.17) is 9.15 Å². The van der Waals surface area contributed by atoms with Crippen molar-refractivity contribution >= 4 is 12.0 Å². The van der Waals surface area contributed by atoms with Gasteiger partial charge in [0.25, 0.3) is 0 Å². The fourth-order valence-electron chi connectivity index (χ4n) is 2.98. The number of carbonyl (C=O) groups is 2. The molecular formula is C18H28N2O4. The number of rotatable bonds is 3. The first-order valence-electron chi connectivity index (χ1n) is 8.48. The van der Waals surface area contributed by atoms with Gasteiger partial charge in [0.15, 0.2) is 0 Å². The predicted octanol–water partition coefficient (Wildman–Crippen LogP) is 3.03. The zero-order valence-electron chi connectivity index (χ0n) is 15.2. The normalized spacial score (nSPS) is 21.5. The van der Waals surface area contributed by atoms with Crippen LogP contribution in [0.1, 0.15) is 52.1 Å². The molecule has 1 aliphatic heterocycles. The highest BCUT2D eigenvalue weighted by atomic mass is 16.6. The Labute approximate surface area is 143 Å². The van der Waals surface area contributed by atoms with Crippen LogP contribution in [0, 0.1) is 6.92 Å². The third kappa shape index (κ3) is 5.28. The molecule has 0 saturated carbocycles. The molecule has 6 heteroatoms. The van der Waals surface area contributed by atoms with E-state index in [1.807, 2.05) is 51.7 Å². The zero-order chi connectivity index (χ0) is 17.9. The van der Waals surface area contributed by atoms with Gasteiger partial charge in [-0.2, -0.15) is 0 Å². The third-order valence-electron chi connectivity index (χ3n) is 4.04. The number of ether oxygens (including phenoxy) is 1. The Bertz CT molecular complexity index is 588. The van der Waals surface area contributed by atoms with E-state index < -0.39 is 11.7 Å². The van der Waals surface area contributed by atoms with Crippen LogP contribution in [0.5, 0.6) is 0 Å². The van der Waals surface area contributed by atoms with E-state index in [1.54, 1.807) is 0 Å². The summed E-state index contributed by atoms with van der Waals surface area (Å²) in [5.41, 5.74) is -0.506. The summed E-state index contributed by atoms with van der Waals surface area (Å²) in [6.45, 7) is 10.0. The molecular weight excluding hydrogens is 308 g/mol. The van der Waals surface area contributed by atoms with Crippen molar-refractivity contribution < 1.29 is 18.7 Å². The summed E-state index contributed by atoms with van der Waals surface area (Å²) in [6, 6.07) is 3.81. The van der Waals surface area contributed by atoms with Gasteiger partial charge >= 0.3 is 6.09 Å². The van der Waals surface area contributed by atoms with Gasteiger partial charge in [-0.15, -0.1) is 0 Å². The van der Waals surface area contributed by atoms with Crippen molar-refractivity contribution in [2.45, 2.75) is 71.6 Å². The van der Waals surface area contributed by atoms with Gasteiger partial charge in [-0.3, -0.25) is 4.79 Å². The Morgan fingerprint density at radius 2 is 2.08 bits per heavy atom. The molecule has 2 rings (SSSR count). The van der Waals surface area contributed by atoms with Crippen molar-refractivity contribution in [3.63, 3.8) is 0 Å². The number of amides is 2. The van der Waals surface area contributed by atoms with Gasteiger partial charge in [-0.25, -0.2) is 4.79 Å². The second-order valence-electron chi connectivity index (χ2n) is 7.49. The van der Waals surface area contributed by atoms with Gasteiger partial charge in [0.2, 0.25) is 5.91 Å². The van der Waals surface area contributed by atoms with Crippen molar-refractivity contribution in [3.8, 4) is 0 Å². The van der Waals surface area contributed by atoms with Crippen LogP contribution in [0.4, 0.5) is 4.79 Å². The molecule has 1 aromatic rings. The minimum absolute atomic E-state index is 0.0322. The molecule has 1 saturated heterocycles. The molecule has 24 heavy (non-hydrogen) atoms. The molecule has 0 spiro atoms. The number of furan rings is 1. The van der Waals surface area contributed by atoms with Gasteiger partial charge in [0.05, 0.1) is 6.42 Å². The Morgan fingerprint density at radius 3 is 2.62 bits per heavy atom. The standard InChI is InChI=1S/C18H28N2O4/c1-12-10-14(19-17(22)24-18(3,4)5)8-9-20(12)16(21)11-15-7-6-13(2)23-15/h6-7,12,14H,8-11H2,1-5H3,(H,19,22)/t12-,14-/m1/s1. The summed E-state index contributed by atoms with van der Waals surface area (Å²) in [5, 5.41) is 2.90. The van der Waals surface area contributed by atoms with E-state index >= 15 is 0 Å². The first-order valence-corrected chi connectivity index (χ1v) is 8.48. The Balaban J connectivity index is 1.84. The minimum Gasteiger partial charge on any atom is -0.466 e. The zero-order valence-corrected chi connectivity index (χ0v) is 15.2. The Morgan fingerprint density at radius 1 is 1.38 bits per heavy atom. The lowest BCUT2D eigenvalue weighted by Gasteiger charge is -2.38. The molecule has 2 amide bonds. The average Bonchev–Trinajstić information content (AvgIpc) is 2.81. The molecule has 1 aromatic heterocycles. The molecule has 1 N–H and O–H groups in total. The van der Waals surface area contributed by atoms with Crippen LogP contribution in [-0.4, -0.2) is 41.1 Å². The van der Waals surface area contributed by atoms with Crippen LogP contribution in [-0.2, 0) is 16.0 Å². The second-order valence-corrected chi connectivity index (χ2v) is 7.49. The number of aryl methyl sites for hydroxylation is 1. The van der Waals surface area contributed by atoms with Gasteiger partial charge < -0.3 is 19.4 Å². The Hall–Kier alpha value is -1.98. The van der Waals surface area contributed by atoms with Crippen molar-refractivity contribution in [3.05, 3.63) is 23.7 Å². The molecule has 6 nitrogen and oxygen atoms in total. The van der Waals surface area contributed by atoms with E-state index in [-0.39, 0.29) is 24.4 Å². The summed E-state index contributed by atoms with van der Waals surface area (Å²) in [6.07, 6.45) is 1.34. The van der Waals surface area contributed by atoms with Crippen LogP contribution in [0.25, 0.3) is 0 Å². The molecule has 2 heterocycles. The number of hydrogen-bond donors (Lipinski definition) is 1. The molecule has 1 fully saturated rings. The molecule has 134 valence electrons. The van der Waals surface area contributed by atoms with Crippen molar-refractivity contribution in [1.82, 2.24) is 10.2 Å². The predicted molar refractivity (Wildman–Crippen MR) is 90.7 cm³/mol. The Kier molecular flexibility index (Phi) is 5.57. The third-order valence-corrected chi connectivity index (χ3v) is 4.04. The maximum Gasteiger partial charge on any atom is 0.407 e. The monoisotopic (exact) mass is 336 g/mol. The van der Waals surface area contributed by atoms with Crippen LogP contribution < -0.4 is 5.32 Å². The minimum atomic E-state index is -0.506. The lowest BCUT2D eigenvalue weighted by atomic mass is 9.98. The molecule has 0 aromatic carbocycles. The average molecular weight is 336 g/mol. The van der Waals surface area contributed by atoms with E-state index in [0.29, 0.717) is 12.3 Å².